The Balaban J connectivity index is 2.68. The van der Waals surface area contributed by atoms with Crippen LogP contribution >= 0.6 is 0 Å². The predicted molar refractivity (Wildman–Crippen MR) is 41.2 cm³/mol. The Morgan fingerprint density at radius 3 is 2.83 bits per heavy atom. The fourth-order valence-electron chi connectivity index (χ4n) is 1.09. The third-order valence-electron chi connectivity index (χ3n) is 1.69. The first kappa shape index (κ1) is 6.91. The molecule has 0 aliphatic carbocycles. The number of fused-ring (bicyclic) bond motifs is 1. The summed E-state index contributed by atoms with van der Waals surface area (Å²) < 4.78 is 5.04. The van der Waals surface area contributed by atoms with Crippen molar-refractivity contribution >= 4 is 16.9 Å². The van der Waals surface area contributed by atoms with Gasteiger partial charge in [-0.1, -0.05) is 0 Å². The summed E-state index contributed by atoms with van der Waals surface area (Å²) in [6, 6.07) is 6.30. The summed E-state index contributed by atoms with van der Waals surface area (Å²) >= 11 is 0. The van der Waals surface area contributed by atoms with Gasteiger partial charge in [-0.05, 0) is 24.3 Å². The molecule has 0 spiro atoms. The molecule has 0 fully saturated rings. The Morgan fingerprint density at radius 1 is 1.25 bits per heavy atom. The fraction of sp³-hybridized carbons (Fsp3) is 0. The molecule has 2 rings (SSSR count). The van der Waals surface area contributed by atoms with Gasteiger partial charge in [-0.3, -0.25) is 0 Å². The van der Waals surface area contributed by atoms with Crippen LogP contribution in [0.2, 0.25) is 0 Å². The van der Waals surface area contributed by atoms with E-state index < -0.39 is 5.97 Å². The molecule has 0 atom stereocenters. The van der Waals surface area contributed by atoms with Crippen molar-refractivity contribution in [3.05, 3.63) is 36.1 Å². The van der Waals surface area contributed by atoms with Gasteiger partial charge in [-0.2, -0.15) is 0 Å². The summed E-state index contributed by atoms with van der Waals surface area (Å²) in [4.78, 5) is 10.4. The topological polar surface area (TPSA) is 50.1 Å². The van der Waals surface area contributed by atoms with Gasteiger partial charge in [0, 0.05) is 5.39 Å². The van der Waals surface area contributed by atoms with Crippen LogP contribution in [0.5, 0.6) is 0 Å². The standard InChI is InChI=1S/C9H5O3/c10-9(11)7-1-2-8-6(5-7)3-4-12-8/h1-5H. The highest BCUT2D eigenvalue weighted by Crippen LogP contribution is 2.16. The zero-order chi connectivity index (χ0) is 8.55. The Kier molecular flexibility index (Phi) is 1.37. The maximum absolute atomic E-state index is 10.4. The van der Waals surface area contributed by atoms with Crippen LogP contribution in [0.4, 0.5) is 0 Å². The quantitative estimate of drug-likeness (QED) is 0.642. The number of carbonyl (C=O) groups excluding carboxylic acids is 1. The van der Waals surface area contributed by atoms with Crippen molar-refractivity contribution in [2.45, 2.75) is 0 Å². The van der Waals surface area contributed by atoms with E-state index in [-0.39, 0.29) is 5.56 Å². The summed E-state index contributed by atoms with van der Waals surface area (Å²) in [7, 11) is 0. The molecule has 12 heavy (non-hydrogen) atoms. The minimum Gasteiger partial charge on any atom is -0.464 e. The number of hydrogen-bond donors (Lipinski definition) is 0. The SMILES string of the molecule is [O]C(=O)c1ccc2occc2c1. The lowest BCUT2D eigenvalue weighted by atomic mass is 10.2. The third-order valence-corrected chi connectivity index (χ3v) is 1.69. The molecule has 2 aromatic rings. The zero-order valence-corrected chi connectivity index (χ0v) is 6.11. The molecule has 1 heterocycles. The van der Waals surface area contributed by atoms with E-state index in [2.05, 4.69) is 0 Å². The average Bonchev–Trinajstić information content (AvgIpc) is 2.49. The number of benzene rings is 1. The highest BCUT2D eigenvalue weighted by molar-refractivity contribution is 5.92. The Labute approximate surface area is 68.2 Å². The highest BCUT2D eigenvalue weighted by Gasteiger charge is 2.05. The minimum absolute atomic E-state index is 0.170. The molecule has 0 unspecified atom stereocenters. The highest BCUT2D eigenvalue weighted by atomic mass is 16.4. The molecule has 0 saturated heterocycles. The molecule has 1 aromatic carbocycles. The Hall–Kier alpha value is -1.77. The molecular weight excluding hydrogens is 156 g/mol. The molecule has 1 aromatic heterocycles. The van der Waals surface area contributed by atoms with E-state index in [4.69, 9.17) is 4.42 Å². The molecular formula is C9H5O3. The molecule has 1 radical (unpaired) electrons. The molecule has 0 amide bonds. The van der Waals surface area contributed by atoms with E-state index >= 15 is 0 Å². The van der Waals surface area contributed by atoms with Crippen molar-refractivity contribution in [1.82, 2.24) is 0 Å². The molecule has 59 valence electrons. The van der Waals surface area contributed by atoms with Gasteiger partial charge in [0.25, 0.3) is 0 Å². The van der Waals surface area contributed by atoms with Gasteiger partial charge in [0.1, 0.15) is 5.58 Å². The van der Waals surface area contributed by atoms with Crippen LogP contribution in [0.1, 0.15) is 10.4 Å². The van der Waals surface area contributed by atoms with Crippen molar-refractivity contribution in [1.29, 1.82) is 0 Å². The summed E-state index contributed by atoms with van der Waals surface area (Å²) in [5, 5.41) is 11.2. The lowest BCUT2D eigenvalue weighted by molar-refractivity contribution is 0.0573. The Morgan fingerprint density at radius 2 is 2.08 bits per heavy atom. The van der Waals surface area contributed by atoms with Crippen molar-refractivity contribution < 1.29 is 14.3 Å². The lowest BCUT2D eigenvalue weighted by Gasteiger charge is -1.90. The molecule has 3 heteroatoms. The van der Waals surface area contributed by atoms with Crippen LogP contribution in [-0.2, 0) is 5.11 Å². The summed E-state index contributed by atoms with van der Waals surface area (Å²) in [6.45, 7) is 0. The molecule has 0 aliphatic heterocycles. The van der Waals surface area contributed by atoms with Gasteiger partial charge < -0.3 is 4.42 Å². The van der Waals surface area contributed by atoms with E-state index in [0.29, 0.717) is 5.58 Å². The third kappa shape index (κ3) is 0.955. The fourth-order valence-corrected chi connectivity index (χ4v) is 1.09. The zero-order valence-electron chi connectivity index (χ0n) is 6.11. The van der Waals surface area contributed by atoms with Crippen molar-refractivity contribution in [3.63, 3.8) is 0 Å². The maximum Gasteiger partial charge on any atom is 0.386 e. The van der Waals surface area contributed by atoms with Gasteiger partial charge in [-0.15, -0.1) is 0 Å². The summed E-state index contributed by atoms with van der Waals surface area (Å²) in [6.07, 6.45) is 1.52. The summed E-state index contributed by atoms with van der Waals surface area (Å²) in [5.41, 5.74) is 0.851. The second-order valence-corrected chi connectivity index (χ2v) is 2.46. The monoisotopic (exact) mass is 161 g/mol. The smallest absolute Gasteiger partial charge is 0.386 e. The van der Waals surface area contributed by atoms with Crippen LogP contribution in [0, 0.1) is 0 Å². The molecule has 0 saturated carbocycles. The van der Waals surface area contributed by atoms with E-state index in [9.17, 15) is 9.90 Å². The first-order chi connectivity index (χ1) is 5.77. The van der Waals surface area contributed by atoms with Crippen LogP contribution in [0.25, 0.3) is 11.0 Å². The normalized spacial score (nSPS) is 10.3. The van der Waals surface area contributed by atoms with E-state index in [1.54, 1.807) is 12.1 Å². The lowest BCUT2D eigenvalue weighted by Crippen LogP contribution is -1.92. The Bertz CT molecular complexity index is 428. The second kappa shape index (κ2) is 2.37. The summed E-state index contributed by atoms with van der Waals surface area (Å²) in [5.74, 6) is -1.17. The first-order valence-electron chi connectivity index (χ1n) is 3.46. The van der Waals surface area contributed by atoms with Crippen LogP contribution in [0.15, 0.2) is 34.9 Å². The first-order valence-corrected chi connectivity index (χ1v) is 3.46. The van der Waals surface area contributed by atoms with Gasteiger partial charge in [0.05, 0.1) is 11.8 Å². The van der Waals surface area contributed by atoms with Crippen LogP contribution < -0.4 is 0 Å². The number of rotatable bonds is 1. The van der Waals surface area contributed by atoms with Gasteiger partial charge in [-0.25, -0.2) is 9.90 Å². The van der Waals surface area contributed by atoms with Gasteiger partial charge in [0.15, 0.2) is 0 Å². The van der Waals surface area contributed by atoms with Crippen LogP contribution in [0.3, 0.4) is 0 Å². The van der Waals surface area contributed by atoms with E-state index in [1.807, 2.05) is 0 Å². The van der Waals surface area contributed by atoms with Crippen molar-refractivity contribution in [3.8, 4) is 0 Å². The van der Waals surface area contributed by atoms with Crippen molar-refractivity contribution in [2.75, 3.05) is 0 Å². The molecule has 0 bridgehead atoms. The maximum atomic E-state index is 10.4. The molecule has 0 aliphatic rings. The number of hydrogen-bond acceptors (Lipinski definition) is 2. The average molecular weight is 161 g/mol. The van der Waals surface area contributed by atoms with Gasteiger partial charge >= 0.3 is 5.97 Å². The minimum atomic E-state index is -1.17. The van der Waals surface area contributed by atoms with E-state index in [1.165, 1.54) is 18.4 Å². The number of carbonyl (C=O) groups is 1. The second-order valence-electron chi connectivity index (χ2n) is 2.46. The van der Waals surface area contributed by atoms with Crippen molar-refractivity contribution in [2.24, 2.45) is 0 Å². The molecule has 3 nitrogen and oxygen atoms in total. The van der Waals surface area contributed by atoms with Crippen LogP contribution in [-0.4, -0.2) is 5.97 Å². The largest absolute Gasteiger partial charge is 0.464 e. The number of furan rings is 1. The van der Waals surface area contributed by atoms with Gasteiger partial charge in [0.2, 0.25) is 0 Å². The van der Waals surface area contributed by atoms with E-state index in [0.717, 1.165) is 5.39 Å². The predicted octanol–water partition coefficient (Wildman–Crippen LogP) is 2.00. The molecule has 0 N–H and O–H groups in total.